The van der Waals surface area contributed by atoms with Gasteiger partial charge in [-0.1, -0.05) is 30.3 Å². The molecule has 0 heterocycles. The maximum atomic E-state index is 13.4. The van der Waals surface area contributed by atoms with Crippen LogP contribution in [0.2, 0.25) is 0 Å². The molecule has 0 aliphatic rings. The lowest BCUT2D eigenvalue weighted by Crippen LogP contribution is -2.06. The molecular formula is C15H14FNO2. The van der Waals surface area contributed by atoms with E-state index in [1.165, 1.54) is 19.2 Å². The van der Waals surface area contributed by atoms with E-state index in [1.54, 1.807) is 6.07 Å². The standard InChI is InChI=1S/C15H14FNO2/c1-19-15(18)13-9-12(7-8-14(13)16)17-10-11-5-3-2-4-6-11/h2-9,17H,10H2,1H3. The zero-order valence-corrected chi connectivity index (χ0v) is 10.5. The van der Waals surface area contributed by atoms with Gasteiger partial charge in [-0.15, -0.1) is 0 Å². The van der Waals surface area contributed by atoms with Crippen molar-refractivity contribution in [2.75, 3.05) is 12.4 Å². The first-order valence-electron chi connectivity index (χ1n) is 5.86. The summed E-state index contributed by atoms with van der Waals surface area (Å²) >= 11 is 0. The maximum absolute atomic E-state index is 13.4. The molecule has 0 atom stereocenters. The normalized spacial score (nSPS) is 10.0. The van der Waals surface area contributed by atoms with Crippen molar-refractivity contribution in [3.63, 3.8) is 0 Å². The average Bonchev–Trinajstić information content (AvgIpc) is 2.46. The van der Waals surface area contributed by atoms with Crippen molar-refractivity contribution in [2.45, 2.75) is 6.54 Å². The van der Waals surface area contributed by atoms with E-state index < -0.39 is 11.8 Å². The van der Waals surface area contributed by atoms with Crippen molar-refractivity contribution < 1.29 is 13.9 Å². The SMILES string of the molecule is COC(=O)c1cc(NCc2ccccc2)ccc1F. The topological polar surface area (TPSA) is 38.3 Å². The largest absolute Gasteiger partial charge is 0.465 e. The van der Waals surface area contributed by atoms with Gasteiger partial charge in [0.2, 0.25) is 0 Å². The second-order valence-corrected chi connectivity index (χ2v) is 4.03. The summed E-state index contributed by atoms with van der Waals surface area (Å²) in [5.41, 5.74) is 1.71. The zero-order chi connectivity index (χ0) is 13.7. The summed E-state index contributed by atoms with van der Waals surface area (Å²) in [4.78, 5) is 11.4. The summed E-state index contributed by atoms with van der Waals surface area (Å²) in [6, 6.07) is 14.1. The first-order valence-corrected chi connectivity index (χ1v) is 5.86. The number of anilines is 1. The Morgan fingerprint density at radius 3 is 2.63 bits per heavy atom. The van der Waals surface area contributed by atoms with Crippen molar-refractivity contribution >= 4 is 11.7 Å². The van der Waals surface area contributed by atoms with Gasteiger partial charge in [-0.05, 0) is 23.8 Å². The van der Waals surface area contributed by atoms with E-state index in [9.17, 15) is 9.18 Å². The summed E-state index contributed by atoms with van der Waals surface area (Å²) in [5.74, 6) is -1.27. The smallest absolute Gasteiger partial charge is 0.340 e. The minimum absolute atomic E-state index is 0.0689. The van der Waals surface area contributed by atoms with Crippen LogP contribution >= 0.6 is 0 Å². The van der Waals surface area contributed by atoms with Crippen molar-refractivity contribution in [3.05, 3.63) is 65.5 Å². The van der Waals surface area contributed by atoms with Gasteiger partial charge in [-0.25, -0.2) is 9.18 Å². The third-order valence-corrected chi connectivity index (χ3v) is 2.71. The summed E-state index contributed by atoms with van der Waals surface area (Å²) in [6.07, 6.45) is 0. The van der Waals surface area contributed by atoms with Crippen molar-refractivity contribution in [3.8, 4) is 0 Å². The second-order valence-electron chi connectivity index (χ2n) is 4.03. The maximum Gasteiger partial charge on any atom is 0.340 e. The van der Waals surface area contributed by atoms with Gasteiger partial charge in [0.1, 0.15) is 5.82 Å². The van der Waals surface area contributed by atoms with Gasteiger partial charge in [0.25, 0.3) is 0 Å². The Hall–Kier alpha value is -2.36. The highest BCUT2D eigenvalue weighted by atomic mass is 19.1. The number of nitrogens with one attached hydrogen (secondary N) is 1. The fraction of sp³-hybridized carbons (Fsp3) is 0.133. The van der Waals surface area contributed by atoms with Gasteiger partial charge >= 0.3 is 5.97 Å². The van der Waals surface area contributed by atoms with Crippen molar-refractivity contribution in [1.29, 1.82) is 0 Å². The molecule has 98 valence electrons. The number of hydrogen-bond donors (Lipinski definition) is 1. The number of carbonyl (C=O) groups excluding carboxylic acids is 1. The monoisotopic (exact) mass is 259 g/mol. The number of carbonyl (C=O) groups is 1. The van der Waals surface area contributed by atoms with Crippen LogP contribution in [-0.2, 0) is 11.3 Å². The summed E-state index contributed by atoms with van der Waals surface area (Å²) in [6.45, 7) is 0.604. The van der Waals surface area contributed by atoms with Crippen LogP contribution in [0.4, 0.5) is 10.1 Å². The van der Waals surface area contributed by atoms with Crippen molar-refractivity contribution in [1.82, 2.24) is 0 Å². The quantitative estimate of drug-likeness (QED) is 0.857. The molecule has 0 aliphatic carbocycles. The van der Waals surface area contributed by atoms with Gasteiger partial charge < -0.3 is 10.1 Å². The molecule has 0 unspecified atom stereocenters. The molecule has 2 aromatic rings. The minimum atomic E-state index is -0.680. The zero-order valence-electron chi connectivity index (χ0n) is 10.5. The first-order chi connectivity index (χ1) is 9.20. The van der Waals surface area contributed by atoms with Crippen LogP contribution < -0.4 is 5.32 Å². The lowest BCUT2D eigenvalue weighted by molar-refractivity contribution is 0.0595. The summed E-state index contributed by atoms with van der Waals surface area (Å²) in [5, 5.41) is 3.13. The summed E-state index contributed by atoms with van der Waals surface area (Å²) in [7, 11) is 1.23. The second kappa shape index (κ2) is 6.00. The third kappa shape index (κ3) is 3.31. The van der Waals surface area contributed by atoms with Gasteiger partial charge in [0.15, 0.2) is 0 Å². The Morgan fingerprint density at radius 2 is 1.95 bits per heavy atom. The average molecular weight is 259 g/mol. The van der Waals surface area contributed by atoms with Gasteiger partial charge in [0, 0.05) is 12.2 Å². The van der Waals surface area contributed by atoms with Crippen LogP contribution in [0.25, 0.3) is 0 Å². The fourth-order valence-corrected chi connectivity index (χ4v) is 1.70. The third-order valence-electron chi connectivity index (χ3n) is 2.71. The van der Waals surface area contributed by atoms with E-state index in [2.05, 4.69) is 10.1 Å². The number of rotatable bonds is 4. The van der Waals surface area contributed by atoms with Gasteiger partial charge in [-0.2, -0.15) is 0 Å². The predicted molar refractivity (Wildman–Crippen MR) is 71.5 cm³/mol. The molecule has 0 bridgehead atoms. The predicted octanol–water partition coefficient (Wildman–Crippen LogP) is 3.22. The lowest BCUT2D eigenvalue weighted by atomic mass is 10.1. The Labute approximate surface area is 111 Å². The van der Waals surface area contributed by atoms with E-state index >= 15 is 0 Å². The highest BCUT2D eigenvalue weighted by Crippen LogP contribution is 2.16. The van der Waals surface area contributed by atoms with Crippen LogP contribution in [0.15, 0.2) is 48.5 Å². The number of esters is 1. The molecule has 0 aromatic heterocycles. The van der Waals surface area contributed by atoms with E-state index in [-0.39, 0.29) is 5.56 Å². The molecule has 0 saturated carbocycles. The molecule has 2 aromatic carbocycles. The number of halogens is 1. The van der Waals surface area contributed by atoms with Crippen LogP contribution in [-0.4, -0.2) is 13.1 Å². The van der Waals surface area contributed by atoms with E-state index in [4.69, 9.17) is 0 Å². The van der Waals surface area contributed by atoms with E-state index in [0.717, 1.165) is 5.56 Å². The fourth-order valence-electron chi connectivity index (χ4n) is 1.70. The molecule has 3 nitrogen and oxygen atoms in total. The molecule has 4 heteroatoms. The number of hydrogen-bond acceptors (Lipinski definition) is 3. The number of methoxy groups -OCH3 is 1. The summed E-state index contributed by atoms with van der Waals surface area (Å²) < 4.78 is 18.0. The molecular weight excluding hydrogens is 245 g/mol. The number of benzene rings is 2. The van der Waals surface area contributed by atoms with Crippen LogP contribution in [0.3, 0.4) is 0 Å². The van der Waals surface area contributed by atoms with E-state index in [1.807, 2.05) is 30.3 Å². The molecule has 0 spiro atoms. The molecule has 0 fully saturated rings. The molecule has 2 rings (SSSR count). The Balaban J connectivity index is 2.11. The van der Waals surface area contributed by atoms with Crippen LogP contribution in [0, 0.1) is 5.82 Å². The lowest BCUT2D eigenvalue weighted by Gasteiger charge is -2.08. The Bertz CT molecular complexity index is 570. The van der Waals surface area contributed by atoms with E-state index in [0.29, 0.717) is 12.2 Å². The highest BCUT2D eigenvalue weighted by Gasteiger charge is 2.12. The Morgan fingerprint density at radius 1 is 1.21 bits per heavy atom. The molecule has 0 saturated heterocycles. The van der Waals surface area contributed by atoms with Crippen molar-refractivity contribution in [2.24, 2.45) is 0 Å². The first kappa shape index (κ1) is 13.1. The van der Waals surface area contributed by atoms with Crippen LogP contribution in [0.5, 0.6) is 0 Å². The molecule has 0 aliphatic heterocycles. The molecule has 19 heavy (non-hydrogen) atoms. The molecule has 1 N–H and O–H groups in total. The van der Waals surface area contributed by atoms with Crippen LogP contribution in [0.1, 0.15) is 15.9 Å². The molecule has 0 radical (unpaired) electrons. The van der Waals surface area contributed by atoms with Gasteiger partial charge in [-0.3, -0.25) is 0 Å². The Kier molecular flexibility index (Phi) is 4.13. The molecule has 0 amide bonds. The minimum Gasteiger partial charge on any atom is -0.465 e. The number of ether oxygens (including phenoxy) is 1. The highest BCUT2D eigenvalue weighted by molar-refractivity contribution is 5.90. The van der Waals surface area contributed by atoms with Gasteiger partial charge in [0.05, 0.1) is 12.7 Å².